The van der Waals surface area contributed by atoms with Crippen molar-refractivity contribution < 1.29 is 4.74 Å². The Labute approximate surface area is 114 Å². The van der Waals surface area contributed by atoms with Gasteiger partial charge >= 0.3 is 0 Å². The number of thiophene rings is 1. The van der Waals surface area contributed by atoms with Crippen molar-refractivity contribution in [2.24, 2.45) is 0 Å². The lowest BCUT2D eigenvalue weighted by Gasteiger charge is -2.25. The third kappa shape index (κ3) is 4.35. The summed E-state index contributed by atoms with van der Waals surface area (Å²) in [4.78, 5) is 2.39. The molecule has 1 aliphatic rings. The van der Waals surface area contributed by atoms with E-state index in [1.54, 1.807) is 11.3 Å². The fourth-order valence-corrected chi connectivity index (χ4v) is 2.90. The lowest BCUT2D eigenvalue weighted by atomic mass is 10.2. The highest BCUT2D eigenvalue weighted by molar-refractivity contribution is 7.07. The van der Waals surface area contributed by atoms with E-state index in [9.17, 15) is 0 Å². The Balaban J connectivity index is 1.62. The molecule has 102 valence electrons. The van der Waals surface area contributed by atoms with Crippen molar-refractivity contribution in [1.82, 2.24) is 10.2 Å². The van der Waals surface area contributed by atoms with Crippen LogP contribution in [0.5, 0.6) is 0 Å². The number of hydrogen-bond acceptors (Lipinski definition) is 4. The highest BCUT2D eigenvalue weighted by atomic mass is 32.1. The maximum Gasteiger partial charge on any atom is 0.0700 e. The average Bonchev–Trinajstić information content (AvgIpc) is 3.01. The molecule has 1 saturated heterocycles. The quantitative estimate of drug-likeness (QED) is 0.821. The summed E-state index contributed by atoms with van der Waals surface area (Å²) in [7, 11) is 2.19. The van der Waals surface area contributed by atoms with E-state index >= 15 is 0 Å². The predicted octanol–water partition coefficient (Wildman–Crippen LogP) is 2.34. The molecule has 0 radical (unpaired) electrons. The average molecular weight is 268 g/mol. The molecule has 1 fully saturated rings. The number of nitrogens with zero attached hydrogens (tertiary/aromatic N) is 1. The van der Waals surface area contributed by atoms with Crippen LogP contribution in [-0.2, 0) is 11.3 Å². The second-order valence-corrected chi connectivity index (χ2v) is 5.97. The minimum Gasteiger partial charge on any atom is -0.377 e. The lowest BCUT2D eigenvalue weighted by Crippen LogP contribution is -2.39. The molecule has 2 heterocycles. The van der Waals surface area contributed by atoms with Gasteiger partial charge in [0.25, 0.3) is 0 Å². The van der Waals surface area contributed by atoms with E-state index < -0.39 is 0 Å². The summed E-state index contributed by atoms with van der Waals surface area (Å²) >= 11 is 1.77. The van der Waals surface area contributed by atoms with Crippen molar-refractivity contribution in [2.45, 2.75) is 38.5 Å². The molecule has 0 aliphatic carbocycles. The second kappa shape index (κ2) is 7.24. The van der Waals surface area contributed by atoms with Gasteiger partial charge in [0.15, 0.2) is 0 Å². The Kier molecular flexibility index (Phi) is 5.63. The van der Waals surface area contributed by atoms with Crippen molar-refractivity contribution in [3.63, 3.8) is 0 Å². The molecule has 0 amide bonds. The molecule has 0 spiro atoms. The summed E-state index contributed by atoms with van der Waals surface area (Å²) in [5, 5.41) is 7.89. The van der Waals surface area contributed by atoms with E-state index in [1.807, 2.05) is 0 Å². The number of ether oxygens (including phenoxy) is 1. The third-order valence-corrected chi connectivity index (χ3v) is 4.33. The maximum absolute atomic E-state index is 5.61. The molecule has 1 N–H and O–H groups in total. The van der Waals surface area contributed by atoms with Crippen LogP contribution in [0, 0.1) is 0 Å². The topological polar surface area (TPSA) is 24.5 Å². The first kappa shape index (κ1) is 14.0. The first-order chi connectivity index (χ1) is 8.75. The standard InChI is InChI=1S/C14H24N2OS/c1-12(8-15-9-14-4-3-6-17-14)16(2)10-13-5-7-18-11-13/h5,7,11-12,14-15H,3-4,6,8-10H2,1-2H3. The normalized spacial score (nSPS) is 21.6. The van der Waals surface area contributed by atoms with E-state index in [-0.39, 0.29) is 0 Å². The smallest absolute Gasteiger partial charge is 0.0700 e. The molecular formula is C14H24N2OS. The van der Waals surface area contributed by atoms with Gasteiger partial charge < -0.3 is 10.1 Å². The number of hydrogen-bond donors (Lipinski definition) is 1. The van der Waals surface area contributed by atoms with Gasteiger partial charge in [0.1, 0.15) is 0 Å². The van der Waals surface area contributed by atoms with Crippen LogP contribution in [0.15, 0.2) is 16.8 Å². The van der Waals surface area contributed by atoms with Gasteiger partial charge in [-0.25, -0.2) is 0 Å². The molecule has 2 rings (SSSR count). The van der Waals surface area contributed by atoms with Crippen LogP contribution in [0.25, 0.3) is 0 Å². The van der Waals surface area contributed by atoms with Crippen molar-refractivity contribution >= 4 is 11.3 Å². The van der Waals surface area contributed by atoms with Crippen molar-refractivity contribution in [3.05, 3.63) is 22.4 Å². The molecule has 2 atom stereocenters. The molecule has 18 heavy (non-hydrogen) atoms. The zero-order chi connectivity index (χ0) is 12.8. The van der Waals surface area contributed by atoms with Gasteiger partial charge in [0.05, 0.1) is 6.10 Å². The number of nitrogens with one attached hydrogen (secondary N) is 1. The molecule has 3 nitrogen and oxygen atoms in total. The molecule has 4 heteroatoms. The van der Waals surface area contributed by atoms with Crippen LogP contribution in [0.3, 0.4) is 0 Å². The lowest BCUT2D eigenvalue weighted by molar-refractivity contribution is 0.108. The first-order valence-corrected chi connectivity index (χ1v) is 7.73. The van der Waals surface area contributed by atoms with Crippen LogP contribution in [0.4, 0.5) is 0 Å². The summed E-state index contributed by atoms with van der Waals surface area (Å²) in [6.07, 6.45) is 2.88. The highest BCUT2D eigenvalue weighted by Crippen LogP contribution is 2.11. The van der Waals surface area contributed by atoms with E-state index in [4.69, 9.17) is 4.74 Å². The Morgan fingerprint density at radius 3 is 3.17 bits per heavy atom. The summed E-state index contributed by atoms with van der Waals surface area (Å²) in [5.74, 6) is 0. The fourth-order valence-electron chi connectivity index (χ4n) is 2.24. The summed E-state index contributed by atoms with van der Waals surface area (Å²) in [5.41, 5.74) is 1.41. The summed E-state index contributed by atoms with van der Waals surface area (Å²) in [6.45, 7) is 6.28. The van der Waals surface area contributed by atoms with Gasteiger partial charge in [0.2, 0.25) is 0 Å². The Hall–Kier alpha value is -0.420. The van der Waals surface area contributed by atoms with E-state index in [1.165, 1.54) is 18.4 Å². The van der Waals surface area contributed by atoms with Gasteiger partial charge in [-0.2, -0.15) is 11.3 Å². The molecular weight excluding hydrogens is 244 g/mol. The zero-order valence-corrected chi connectivity index (χ0v) is 12.2. The molecule has 0 bridgehead atoms. The highest BCUT2D eigenvalue weighted by Gasteiger charge is 2.16. The minimum atomic E-state index is 0.444. The van der Waals surface area contributed by atoms with Crippen molar-refractivity contribution in [3.8, 4) is 0 Å². The number of likely N-dealkylation sites (N-methyl/N-ethyl adjacent to an activating group) is 1. The van der Waals surface area contributed by atoms with Crippen LogP contribution in [0.2, 0.25) is 0 Å². The van der Waals surface area contributed by atoms with Gasteiger partial charge in [-0.05, 0) is 49.2 Å². The molecule has 0 saturated carbocycles. The Morgan fingerprint density at radius 1 is 1.61 bits per heavy atom. The monoisotopic (exact) mass is 268 g/mol. The van der Waals surface area contributed by atoms with Crippen LogP contribution >= 0.6 is 11.3 Å². The van der Waals surface area contributed by atoms with Crippen LogP contribution < -0.4 is 5.32 Å². The van der Waals surface area contributed by atoms with Gasteiger partial charge in [-0.1, -0.05) is 0 Å². The van der Waals surface area contributed by atoms with Crippen molar-refractivity contribution in [2.75, 3.05) is 26.7 Å². The minimum absolute atomic E-state index is 0.444. The van der Waals surface area contributed by atoms with Crippen molar-refractivity contribution in [1.29, 1.82) is 0 Å². The molecule has 1 aromatic heterocycles. The molecule has 0 aromatic carbocycles. The first-order valence-electron chi connectivity index (χ1n) is 6.79. The molecule has 1 aliphatic heterocycles. The fraction of sp³-hybridized carbons (Fsp3) is 0.714. The third-order valence-electron chi connectivity index (χ3n) is 3.60. The van der Waals surface area contributed by atoms with E-state index in [2.05, 4.69) is 41.0 Å². The van der Waals surface area contributed by atoms with Crippen LogP contribution in [-0.4, -0.2) is 43.8 Å². The largest absolute Gasteiger partial charge is 0.377 e. The zero-order valence-electron chi connectivity index (χ0n) is 11.4. The van der Waals surface area contributed by atoms with E-state index in [0.717, 1.165) is 26.2 Å². The summed E-state index contributed by atoms with van der Waals surface area (Å²) < 4.78 is 5.61. The van der Waals surface area contributed by atoms with Gasteiger partial charge in [0, 0.05) is 32.3 Å². The SMILES string of the molecule is CC(CNCC1CCCO1)N(C)Cc1ccsc1. The Bertz CT molecular complexity index is 323. The maximum atomic E-state index is 5.61. The van der Waals surface area contributed by atoms with E-state index in [0.29, 0.717) is 12.1 Å². The van der Waals surface area contributed by atoms with Gasteiger partial charge in [-0.3, -0.25) is 4.90 Å². The Morgan fingerprint density at radius 2 is 2.50 bits per heavy atom. The summed E-state index contributed by atoms with van der Waals surface area (Å²) in [6, 6.07) is 2.75. The molecule has 2 unspecified atom stereocenters. The molecule has 1 aromatic rings. The number of rotatable bonds is 7. The predicted molar refractivity (Wildman–Crippen MR) is 77.1 cm³/mol. The van der Waals surface area contributed by atoms with Gasteiger partial charge in [-0.15, -0.1) is 0 Å². The second-order valence-electron chi connectivity index (χ2n) is 5.19. The van der Waals surface area contributed by atoms with Crippen LogP contribution in [0.1, 0.15) is 25.3 Å².